The van der Waals surface area contributed by atoms with Crippen LogP contribution in [0.4, 0.5) is 0 Å². The number of rotatable bonds is 3. The van der Waals surface area contributed by atoms with Crippen LogP contribution in [0.2, 0.25) is 5.02 Å². The van der Waals surface area contributed by atoms with Gasteiger partial charge in [0.25, 0.3) is 5.91 Å². The van der Waals surface area contributed by atoms with Crippen molar-refractivity contribution in [2.24, 2.45) is 0 Å². The van der Waals surface area contributed by atoms with E-state index < -0.39 is 0 Å². The predicted molar refractivity (Wildman–Crippen MR) is 78.7 cm³/mol. The summed E-state index contributed by atoms with van der Waals surface area (Å²) in [6.07, 6.45) is 1.37. The Morgan fingerprint density at radius 2 is 1.95 bits per heavy atom. The minimum atomic E-state index is -0.291. The maximum Gasteiger partial charge on any atom is 0.267 e. The molecule has 0 spiro atoms. The van der Waals surface area contributed by atoms with Gasteiger partial charge >= 0.3 is 0 Å². The van der Waals surface area contributed by atoms with Gasteiger partial charge < -0.3 is 5.32 Å². The molecule has 0 aliphatic heterocycles. The Hall–Kier alpha value is -1.65. The Bertz CT molecular complexity index is 688. The summed E-state index contributed by atoms with van der Waals surface area (Å²) in [6, 6.07) is 7.57. The largest absolute Gasteiger partial charge is 0.325 e. The van der Waals surface area contributed by atoms with Crippen LogP contribution in [0.3, 0.4) is 0 Å². The molecular weight excluding hydrogens is 282 g/mol. The van der Waals surface area contributed by atoms with Crippen LogP contribution < -0.4 is 5.32 Å². The minimum absolute atomic E-state index is 0.111. The fourth-order valence-corrected chi connectivity index (χ4v) is 3.15. The van der Waals surface area contributed by atoms with Gasteiger partial charge in [-0.15, -0.1) is 11.3 Å². The van der Waals surface area contributed by atoms with E-state index in [1.807, 2.05) is 24.3 Å². The third kappa shape index (κ3) is 3.03. The molecule has 0 atom stereocenters. The molecule has 1 amide bonds. The molecule has 0 saturated heterocycles. The molecule has 2 aromatic rings. The summed E-state index contributed by atoms with van der Waals surface area (Å²) >= 11 is 7.54. The maximum atomic E-state index is 12.1. The highest BCUT2D eigenvalue weighted by Gasteiger charge is 2.16. The maximum absolute atomic E-state index is 12.1. The number of amides is 1. The molecular formula is C14H12ClNO2S. The number of hydrogen-bond donors (Lipinski definition) is 1. The van der Waals surface area contributed by atoms with Crippen LogP contribution in [0, 0.1) is 0 Å². The van der Waals surface area contributed by atoms with Gasteiger partial charge in [-0.25, -0.2) is 0 Å². The molecule has 19 heavy (non-hydrogen) atoms. The summed E-state index contributed by atoms with van der Waals surface area (Å²) in [5.74, 6) is -0.401. The highest BCUT2D eigenvalue weighted by molar-refractivity contribution is 7.21. The molecule has 1 N–H and O–H groups in total. The summed E-state index contributed by atoms with van der Waals surface area (Å²) in [5, 5.41) is 3.98. The quantitative estimate of drug-likeness (QED) is 0.876. The lowest BCUT2D eigenvalue weighted by atomic mass is 10.2. The molecule has 0 aliphatic carbocycles. The molecule has 0 radical (unpaired) electrons. The van der Waals surface area contributed by atoms with Gasteiger partial charge in [0, 0.05) is 15.8 Å². The number of hydrogen-bond acceptors (Lipinski definition) is 3. The van der Waals surface area contributed by atoms with E-state index in [0.29, 0.717) is 15.6 Å². The first kappa shape index (κ1) is 13.8. The lowest BCUT2D eigenvalue weighted by molar-refractivity contribution is -0.112. The smallest absolute Gasteiger partial charge is 0.267 e. The minimum Gasteiger partial charge on any atom is -0.325 e. The topological polar surface area (TPSA) is 46.2 Å². The summed E-state index contributed by atoms with van der Waals surface area (Å²) in [4.78, 5) is 23.5. The van der Waals surface area contributed by atoms with Gasteiger partial charge in [-0.3, -0.25) is 9.59 Å². The first-order chi connectivity index (χ1) is 8.99. The van der Waals surface area contributed by atoms with E-state index >= 15 is 0 Å². The van der Waals surface area contributed by atoms with Crippen molar-refractivity contribution in [3.63, 3.8) is 0 Å². The summed E-state index contributed by atoms with van der Waals surface area (Å²) in [6.45, 7) is 3.10. The fraction of sp³-hybridized carbons (Fsp3) is 0.143. The molecule has 1 aromatic heterocycles. The van der Waals surface area contributed by atoms with Gasteiger partial charge in [0.1, 0.15) is 4.88 Å². The number of fused-ring (bicyclic) bond motifs is 1. The average molecular weight is 294 g/mol. The van der Waals surface area contributed by atoms with Crippen LogP contribution in [-0.2, 0) is 4.79 Å². The van der Waals surface area contributed by atoms with Crippen LogP contribution >= 0.6 is 22.9 Å². The number of carbonyl (C=O) groups is 2. The molecule has 0 saturated carbocycles. The van der Waals surface area contributed by atoms with E-state index in [1.54, 1.807) is 6.92 Å². The van der Waals surface area contributed by atoms with Crippen LogP contribution in [0.5, 0.6) is 0 Å². The van der Waals surface area contributed by atoms with Crippen LogP contribution in [-0.4, -0.2) is 11.7 Å². The average Bonchev–Trinajstić information content (AvgIpc) is 2.66. The van der Waals surface area contributed by atoms with Gasteiger partial charge in [-0.2, -0.15) is 0 Å². The van der Waals surface area contributed by atoms with Crippen molar-refractivity contribution >= 4 is 44.7 Å². The van der Waals surface area contributed by atoms with Crippen molar-refractivity contribution < 1.29 is 9.59 Å². The summed E-state index contributed by atoms with van der Waals surface area (Å²) in [7, 11) is 0. The molecule has 2 rings (SSSR count). The van der Waals surface area contributed by atoms with E-state index in [2.05, 4.69) is 5.32 Å². The van der Waals surface area contributed by atoms with Crippen molar-refractivity contribution in [1.82, 2.24) is 5.32 Å². The van der Waals surface area contributed by atoms with E-state index in [-0.39, 0.29) is 11.7 Å². The SMILES string of the molecule is CC(=O)/C=C(\C)NC(=O)c1sc2ccccc2c1Cl. The van der Waals surface area contributed by atoms with E-state index in [9.17, 15) is 9.59 Å². The predicted octanol–water partition coefficient (Wildman–Crippen LogP) is 3.78. The van der Waals surface area contributed by atoms with Gasteiger partial charge in [0.2, 0.25) is 0 Å². The summed E-state index contributed by atoms with van der Waals surface area (Å²) < 4.78 is 0.964. The monoisotopic (exact) mass is 293 g/mol. The molecule has 0 unspecified atom stereocenters. The standard InChI is InChI=1S/C14H12ClNO2S/c1-8(7-9(2)17)16-14(18)13-12(15)10-5-3-4-6-11(10)19-13/h3-7H,1-2H3,(H,16,18)/b8-7+. The third-order valence-corrected chi connectivity index (χ3v) is 4.15. The van der Waals surface area contributed by atoms with Crippen molar-refractivity contribution in [3.8, 4) is 0 Å². The lowest BCUT2D eigenvalue weighted by Gasteiger charge is -2.03. The number of allylic oxidation sites excluding steroid dienone is 2. The van der Waals surface area contributed by atoms with Crippen molar-refractivity contribution in [3.05, 3.63) is 45.9 Å². The Kier molecular flexibility index (Phi) is 4.02. The van der Waals surface area contributed by atoms with E-state index in [0.717, 1.165) is 10.1 Å². The normalized spacial score (nSPS) is 11.6. The lowest BCUT2D eigenvalue weighted by Crippen LogP contribution is -2.21. The number of ketones is 1. The first-order valence-electron chi connectivity index (χ1n) is 5.66. The van der Waals surface area contributed by atoms with Crippen molar-refractivity contribution in [1.29, 1.82) is 0 Å². The molecule has 5 heteroatoms. The zero-order valence-corrected chi connectivity index (χ0v) is 12.1. The Labute approximate surface area is 119 Å². The second kappa shape index (κ2) is 5.55. The first-order valence-corrected chi connectivity index (χ1v) is 6.85. The molecule has 3 nitrogen and oxygen atoms in total. The molecule has 0 fully saturated rings. The number of carbonyl (C=O) groups excluding carboxylic acids is 2. The number of thiophene rings is 1. The highest BCUT2D eigenvalue weighted by atomic mass is 35.5. The molecule has 0 bridgehead atoms. The van der Waals surface area contributed by atoms with Gasteiger partial charge in [0.05, 0.1) is 5.02 Å². The Morgan fingerprint density at radius 3 is 2.58 bits per heavy atom. The second-order valence-electron chi connectivity index (χ2n) is 4.13. The van der Waals surface area contributed by atoms with Gasteiger partial charge in [-0.05, 0) is 26.0 Å². The van der Waals surface area contributed by atoms with E-state index in [4.69, 9.17) is 11.6 Å². The second-order valence-corrected chi connectivity index (χ2v) is 5.56. The van der Waals surface area contributed by atoms with Crippen molar-refractivity contribution in [2.75, 3.05) is 0 Å². The van der Waals surface area contributed by atoms with Gasteiger partial charge in [-0.1, -0.05) is 29.8 Å². The molecule has 0 aliphatic rings. The third-order valence-electron chi connectivity index (χ3n) is 2.47. The molecule has 1 aromatic carbocycles. The Morgan fingerprint density at radius 1 is 1.26 bits per heavy atom. The summed E-state index contributed by atoms with van der Waals surface area (Å²) in [5.41, 5.74) is 0.506. The van der Waals surface area contributed by atoms with Crippen LogP contribution in [0.25, 0.3) is 10.1 Å². The van der Waals surface area contributed by atoms with Crippen LogP contribution in [0.15, 0.2) is 36.0 Å². The molecule has 1 heterocycles. The number of halogens is 1. The zero-order chi connectivity index (χ0) is 14.0. The van der Waals surface area contributed by atoms with E-state index in [1.165, 1.54) is 24.3 Å². The highest BCUT2D eigenvalue weighted by Crippen LogP contribution is 2.35. The molecule has 98 valence electrons. The fourth-order valence-electron chi connectivity index (χ4n) is 1.74. The zero-order valence-electron chi connectivity index (χ0n) is 10.5. The number of nitrogens with one attached hydrogen (secondary N) is 1. The number of benzene rings is 1. The Balaban J connectivity index is 2.32. The van der Waals surface area contributed by atoms with Crippen LogP contribution in [0.1, 0.15) is 23.5 Å². The van der Waals surface area contributed by atoms with Crippen molar-refractivity contribution in [2.45, 2.75) is 13.8 Å². The van der Waals surface area contributed by atoms with Gasteiger partial charge in [0.15, 0.2) is 5.78 Å².